The van der Waals surface area contributed by atoms with Gasteiger partial charge in [-0.15, -0.1) is 0 Å². The lowest BCUT2D eigenvalue weighted by molar-refractivity contribution is 1.46. The van der Waals surface area contributed by atoms with Crippen molar-refractivity contribution < 1.29 is 0 Å². The van der Waals surface area contributed by atoms with E-state index in [1.807, 2.05) is 36.4 Å². The fraction of sp³-hybridized carbons (Fsp3) is 0.0526. The minimum absolute atomic E-state index is 0.841. The van der Waals surface area contributed by atoms with Gasteiger partial charge in [0.1, 0.15) is 0 Å². The molecule has 0 fully saturated rings. The van der Waals surface area contributed by atoms with E-state index in [4.69, 9.17) is 5.73 Å². The summed E-state index contributed by atoms with van der Waals surface area (Å²) in [6.45, 7) is 2.11. The molecule has 0 spiro atoms. The van der Waals surface area contributed by atoms with Gasteiger partial charge in [-0.2, -0.15) is 0 Å². The SMILES string of the molecule is Cc1cc(-c2ccccc2)c(N)c(-c2ccccc2)c1. The van der Waals surface area contributed by atoms with Crippen LogP contribution in [0.15, 0.2) is 72.8 Å². The summed E-state index contributed by atoms with van der Waals surface area (Å²) < 4.78 is 0. The van der Waals surface area contributed by atoms with E-state index >= 15 is 0 Å². The third-order valence-electron chi connectivity index (χ3n) is 3.49. The lowest BCUT2D eigenvalue weighted by Gasteiger charge is -2.13. The average molecular weight is 259 g/mol. The van der Waals surface area contributed by atoms with E-state index in [9.17, 15) is 0 Å². The molecule has 0 aliphatic carbocycles. The van der Waals surface area contributed by atoms with Gasteiger partial charge in [0.25, 0.3) is 0 Å². The Morgan fingerprint density at radius 2 is 1.05 bits per heavy atom. The third-order valence-corrected chi connectivity index (χ3v) is 3.49. The standard InChI is InChI=1S/C19H17N/c1-14-12-17(15-8-4-2-5-9-15)19(20)18(13-14)16-10-6-3-7-11-16/h2-13H,20H2,1H3. The number of nitrogen functional groups attached to an aromatic ring is 1. The van der Waals surface area contributed by atoms with Crippen LogP contribution in [0.4, 0.5) is 5.69 Å². The van der Waals surface area contributed by atoms with Crippen molar-refractivity contribution in [3.05, 3.63) is 78.4 Å². The summed E-state index contributed by atoms with van der Waals surface area (Å²) in [5.74, 6) is 0. The molecular weight excluding hydrogens is 242 g/mol. The Morgan fingerprint density at radius 3 is 1.45 bits per heavy atom. The van der Waals surface area contributed by atoms with Crippen molar-refractivity contribution >= 4 is 5.69 Å². The second-order valence-electron chi connectivity index (χ2n) is 5.01. The normalized spacial score (nSPS) is 10.4. The van der Waals surface area contributed by atoms with Gasteiger partial charge in [-0.05, 0) is 35.7 Å². The van der Waals surface area contributed by atoms with Gasteiger partial charge in [-0.25, -0.2) is 0 Å². The fourth-order valence-corrected chi connectivity index (χ4v) is 2.51. The number of aryl methyl sites for hydroxylation is 1. The zero-order valence-corrected chi connectivity index (χ0v) is 11.5. The number of benzene rings is 3. The maximum atomic E-state index is 6.42. The van der Waals surface area contributed by atoms with Gasteiger partial charge in [-0.3, -0.25) is 0 Å². The van der Waals surface area contributed by atoms with Crippen LogP contribution in [-0.4, -0.2) is 0 Å². The lowest BCUT2D eigenvalue weighted by Crippen LogP contribution is -1.95. The highest BCUT2D eigenvalue weighted by Crippen LogP contribution is 2.35. The molecule has 1 nitrogen and oxygen atoms in total. The number of hydrogen-bond donors (Lipinski definition) is 1. The largest absolute Gasteiger partial charge is 0.398 e. The Hall–Kier alpha value is -2.54. The molecule has 0 saturated carbocycles. The number of nitrogens with two attached hydrogens (primary N) is 1. The molecule has 0 aliphatic heterocycles. The fourth-order valence-electron chi connectivity index (χ4n) is 2.51. The first kappa shape index (κ1) is 12.5. The molecular formula is C19H17N. The van der Waals surface area contributed by atoms with Crippen molar-refractivity contribution in [2.75, 3.05) is 5.73 Å². The van der Waals surface area contributed by atoms with Gasteiger partial charge in [0.15, 0.2) is 0 Å². The Labute approximate surface area is 119 Å². The molecule has 3 rings (SSSR count). The highest BCUT2D eigenvalue weighted by atomic mass is 14.6. The van der Waals surface area contributed by atoms with E-state index in [1.165, 1.54) is 5.56 Å². The van der Waals surface area contributed by atoms with Crippen molar-refractivity contribution in [1.82, 2.24) is 0 Å². The van der Waals surface area contributed by atoms with Gasteiger partial charge in [0.2, 0.25) is 0 Å². The second kappa shape index (κ2) is 5.22. The van der Waals surface area contributed by atoms with Crippen molar-refractivity contribution in [2.24, 2.45) is 0 Å². The van der Waals surface area contributed by atoms with Crippen LogP contribution >= 0.6 is 0 Å². The average Bonchev–Trinajstić information content (AvgIpc) is 2.51. The molecule has 0 atom stereocenters. The van der Waals surface area contributed by atoms with E-state index in [2.05, 4.69) is 43.3 Å². The van der Waals surface area contributed by atoms with Crippen molar-refractivity contribution in [2.45, 2.75) is 6.92 Å². The van der Waals surface area contributed by atoms with Crippen LogP contribution in [0.5, 0.6) is 0 Å². The zero-order chi connectivity index (χ0) is 13.9. The van der Waals surface area contributed by atoms with Crippen LogP contribution in [0.3, 0.4) is 0 Å². The number of rotatable bonds is 2. The maximum Gasteiger partial charge on any atom is 0.0473 e. The minimum atomic E-state index is 0.841. The van der Waals surface area contributed by atoms with Gasteiger partial charge in [0.05, 0.1) is 0 Å². The van der Waals surface area contributed by atoms with Gasteiger partial charge in [0, 0.05) is 16.8 Å². The summed E-state index contributed by atoms with van der Waals surface area (Å²) in [4.78, 5) is 0. The molecule has 98 valence electrons. The molecule has 0 aliphatic rings. The quantitative estimate of drug-likeness (QED) is 0.650. The van der Waals surface area contributed by atoms with Crippen LogP contribution in [0, 0.1) is 6.92 Å². The Bertz CT molecular complexity index is 655. The first-order chi connectivity index (χ1) is 9.75. The van der Waals surface area contributed by atoms with E-state index in [0.29, 0.717) is 0 Å². The third kappa shape index (κ3) is 2.30. The van der Waals surface area contributed by atoms with Crippen LogP contribution in [0.2, 0.25) is 0 Å². The smallest absolute Gasteiger partial charge is 0.0473 e. The predicted molar refractivity (Wildman–Crippen MR) is 86.5 cm³/mol. The highest BCUT2D eigenvalue weighted by molar-refractivity contribution is 5.89. The molecule has 0 heterocycles. The predicted octanol–water partition coefficient (Wildman–Crippen LogP) is 4.91. The summed E-state index contributed by atoms with van der Waals surface area (Å²) >= 11 is 0. The summed E-state index contributed by atoms with van der Waals surface area (Å²) in [5.41, 5.74) is 13.0. The van der Waals surface area contributed by atoms with E-state index in [0.717, 1.165) is 27.9 Å². The Morgan fingerprint density at radius 1 is 0.650 bits per heavy atom. The van der Waals surface area contributed by atoms with Crippen molar-refractivity contribution in [1.29, 1.82) is 0 Å². The van der Waals surface area contributed by atoms with E-state index < -0.39 is 0 Å². The molecule has 0 radical (unpaired) electrons. The number of anilines is 1. The Kier molecular flexibility index (Phi) is 3.26. The summed E-state index contributed by atoms with van der Waals surface area (Å²) in [7, 11) is 0. The summed E-state index contributed by atoms with van der Waals surface area (Å²) in [6, 6.07) is 24.9. The van der Waals surface area contributed by atoms with Crippen molar-refractivity contribution in [3.8, 4) is 22.3 Å². The molecule has 1 heteroatoms. The second-order valence-corrected chi connectivity index (χ2v) is 5.01. The molecule has 0 saturated heterocycles. The summed E-state index contributed by atoms with van der Waals surface area (Å²) in [5, 5.41) is 0. The first-order valence-electron chi connectivity index (χ1n) is 6.76. The van der Waals surface area contributed by atoms with Crippen LogP contribution in [-0.2, 0) is 0 Å². The topological polar surface area (TPSA) is 26.0 Å². The van der Waals surface area contributed by atoms with Crippen LogP contribution in [0.25, 0.3) is 22.3 Å². The zero-order valence-electron chi connectivity index (χ0n) is 11.5. The molecule has 0 amide bonds. The monoisotopic (exact) mass is 259 g/mol. The van der Waals surface area contributed by atoms with Crippen LogP contribution in [0.1, 0.15) is 5.56 Å². The molecule has 2 N–H and O–H groups in total. The molecule has 0 aromatic heterocycles. The molecule has 20 heavy (non-hydrogen) atoms. The van der Waals surface area contributed by atoms with Crippen molar-refractivity contribution in [3.63, 3.8) is 0 Å². The van der Waals surface area contributed by atoms with E-state index in [-0.39, 0.29) is 0 Å². The first-order valence-corrected chi connectivity index (χ1v) is 6.76. The molecule has 3 aromatic carbocycles. The Balaban J connectivity index is 2.22. The van der Waals surface area contributed by atoms with E-state index in [1.54, 1.807) is 0 Å². The summed E-state index contributed by atoms with van der Waals surface area (Å²) in [6.07, 6.45) is 0. The lowest BCUT2D eigenvalue weighted by atomic mass is 9.94. The number of hydrogen-bond acceptors (Lipinski definition) is 1. The van der Waals surface area contributed by atoms with Gasteiger partial charge in [-0.1, -0.05) is 60.7 Å². The molecule has 0 unspecified atom stereocenters. The molecule has 0 bridgehead atoms. The maximum absolute atomic E-state index is 6.42. The van der Waals surface area contributed by atoms with Gasteiger partial charge < -0.3 is 5.73 Å². The van der Waals surface area contributed by atoms with Crippen LogP contribution < -0.4 is 5.73 Å². The minimum Gasteiger partial charge on any atom is -0.398 e. The van der Waals surface area contributed by atoms with Gasteiger partial charge >= 0.3 is 0 Å². The molecule has 3 aromatic rings. The highest BCUT2D eigenvalue weighted by Gasteiger charge is 2.09.